The van der Waals surface area contributed by atoms with Crippen LogP contribution in [0.1, 0.15) is 36.3 Å². The number of rotatable bonds is 0. The molecule has 0 bridgehead atoms. The molecule has 0 spiro atoms. The minimum atomic E-state index is -0.239. The van der Waals surface area contributed by atoms with Crippen LogP contribution < -0.4 is 0 Å². The number of aromatic nitrogens is 1. The molecule has 1 heterocycles. The average molecular weight is 225 g/mol. The molecule has 0 amide bonds. The highest BCUT2D eigenvalue weighted by Gasteiger charge is 2.34. The lowest BCUT2D eigenvalue weighted by Gasteiger charge is -2.29. The summed E-state index contributed by atoms with van der Waals surface area (Å²) in [4.78, 5) is 17.0. The van der Waals surface area contributed by atoms with Gasteiger partial charge in [0.25, 0.3) is 0 Å². The second kappa shape index (κ2) is 3.39. The predicted octanol–water partition coefficient (Wildman–Crippen LogP) is 3.39. The van der Waals surface area contributed by atoms with Gasteiger partial charge in [-0.05, 0) is 25.0 Å². The number of carbonyl (C=O) groups is 1. The van der Waals surface area contributed by atoms with Crippen LogP contribution in [0.2, 0.25) is 0 Å². The van der Waals surface area contributed by atoms with Crippen LogP contribution in [0.25, 0.3) is 10.9 Å². The zero-order chi connectivity index (χ0) is 12.0. The Morgan fingerprint density at radius 1 is 1.24 bits per heavy atom. The Hall–Kier alpha value is -1.70. The third kappa shape index (κ3) is 1.55. The van der Waals surface area contributed by atoms with Crippen molar-refractivity contribution in [1.29, 1.82) is 0 Å². The summed E-state index contributed by atoms with van der Waals surface area (Å²) >= 11 is 0. The number of aryl methyl sites for hydroxylation is 1. The molecule has 1 aromatic carbocycles. The number of hydrogen-bond donors (Lipinski definition) is 0. The van der Waals surface area contributed by atoms with E-state index in [0.29, 0.717) is 0 Å². The van der Waals surface area contributed by atoms with Crippen molar-refractivity contribution in [3.63, 3.8) is 0 Å². The molecule has 0 aliphatic heterocycles. The van der Waals surface area contributed by atoms with Crippen molar-refractivity contribution >= 4 is 16.7 Å². The first-order valence-corrected chi connectivity index (χ1v) is 6.01. The number of Topliss-reactive ketones (excluding diaryl/α,β-unsaturated/α-hetero) is 1. The first kappa shape index (κ1) is 10.5. The highest BCUT2D eigenvalue weighted by molar-refractivity contribution is 6.04. The molecule has 2 nitrogen and oxygen atoms in total. The van der Waals surface area contributed by atoms with Gasteiger partial charge in [0.15, 0.2) is 5.78 Å². The second-order valence-corrected chi connectivity index (χ2v) is 5.39. The average Bonchev–Trinajstić information content (AvgIpc) is 2.33. The number of carbonyl (C=O) groups excluding carboxylic acids is 1. The maximum Gasteiger partial charge on any atom is 0.170 e. The third-order valence-electron chi connectivity index (χ3n) is 3.65. The van der Waals surface area contributed by atoms with Gasteiger partial charge in [-0.3, -0.25) is 9.78 Å². The lowest BCUT2D eigenvalue weighted by molar-refractivity contribution is 0.0810. The number of hydrogen-bond acceptors (Lipinski definition) is 2. The molecular formula is C15H15NO. The number of benzene rings is 1. The van der Waals surface area contributed by atoms with Crippen LogP contribution in [0.4, 0.5) is 0 Å². The lowest BCUT2D eigenvalue weighted by atomic mass is 9.74. The summed E-state index contributed by atoms with van der Waals surface area (Å²) in [5.74, 6) is 0.233. The fourth-order valence-corrected chi connectivity index (χ4v) is 2.45. The zero-order valence-electron chi connectivity index (χ0n) is 10.2. The van der Waals surface area contributed by atoms with Gasteiger partial charge in [0.1, 0.15) is 0 Å². The molecule has 86 valence electrons. The van der Waals surface area contributed by atoms with Gasteiger partial charge in [-0.15, -0.1) is 0 Å². The summed E-state index contributed by atoms with van der Waals surface area (Å²) in [5, 5.41) is 1.05. The standard InChI is InChI=1S/C15H15NO/c1-15(2)8-7-13-11(14(15)17)9-10-5-3-4-6-12(10)16-13/h3-6,9H,7-8H2,1-2H3. The molecule has 0 N–H and O–H groups in total. The van der Waals surface area contributed by atoms with Crippen molar-refractivity contribution in [1.82, 2.24) is 4.98 Å². The van der Waals surface area contributed by atoms with Gasteiger partial charge in [0.2, 0.25) is 0 Å². The zero-order valence-corrected chi connectivity index (χ0v) is 10.2. The van der Waals surface area contributed by atoms with E-state index in [1.54, 1.807) is 0 Å². The van der Waals surface area contributed by atoms with Crippen molar-refractivity contribution in [3.05, 3.63) is 41.6 Å². The highest BCUT2D eigenvalue weighted by Crippen LogP contribution is 2.35. The Balaban J connectivity index is 2.26. The van der Waals surface area contributed by atoms with E-state index in [2.05, 4.69) is 4.98 Å². The Morgan fingerprint density at radius 3 is 2.82 bits per heavy atom. The van der Waals surface area contributed by atoms with Gasteiger partial charge in [-0.25, -0.2) is 0 Å². The summed E-state index contributed by atoms with van der Waals surface area (Å²) in [6.45, 7) is 4.04. The molecule has 0 fully saturated rings. The largest absolute Gasteiger partial charge is 0.294 e. The number of nitrogens with zero attached hydrogens (tertiary/aromatic N) is 1. The molecule has 0 saturated carbocycles. The normalized spacial score (nSPS) is 18.1. The van der Waals surface area contributed by atoms with Gasteiger partial charge in [-0.2, -0.15) is 0 Å². The van der Waals surface area contributed by atoms with E-state index in [4.69, 9.17) is 0 Å². The van der Waals surface area contributed by atoms with Gasteiger partial charge in [0, 0.05) is 16.4 Å². The van der Waals surface area contributed by atoms with E-state index >= 15 is 0 Å². The van der Waals surface area contributed by atoms with E-state index < -0.39 is 0 Å². The SMILES string of the molecule is CC1(C)CCc2nc3ccccc3cc2C1=O. The van der Waals surface area contributed by atoms with Gasteiger partial charge < -0.3 is 0 Å². The molecule has 0 atom stereocenters. The molecule has 17 heavy (non-hydrogen) atoms. The number of para-hydroxylation sites is 1. The molecule has 1 aliphatic carbocycles. The van der Waals surface area contributed by atoms with Crippen LogP contribution in [-0.2, 0) is 6.42 Å². The molecule has 0 unspecified atom stereocenters. The summed E-state index contributed by atoms with van der Waals surface area (Å²) in [6.07, 6.45) is 1.79. The van der Waals surface area contributed by atoms with Crippen LogP contribution in [0.3, 0.4) is 0 Å². The number of pyridine rings is 1. The molecule has 2 aromatic rings. The Bertz CT molecular complexity index is 613. The van der Waals surface area contributed by atoms with Gasteiger partial charge >= 0.3 is 0 Å². The Labute approximate surface area is 101 Å². The molecule has 0 radical (unpaired) electrons. The van der Waals surface area contributed by atoms with Crippen LogP contribution in [0.5, 0.6) is 0 Å². The summed E-state index contributed by atoms with van der Waals surface area (Å²) in [6, 6.07) is 9.98. The fourth-order valence-electron chi connectivity index (χ4n) is 2.45. The quantitative estimate of drug-likeness (QED) is 0.688. The summed E-state index contributed by atoms with van der Waals surface area (Å²) < 4.78 is 0. The second-order valence-electron chi connectivity index (χ2n) is 5.39. The third-order valence-corrected chi connectivity index (χ3v) is 3.65. The number of fused-ring (bicyclic) bond motifs is 2. The molecule has 0 saturated heterocycles. The van der Waals surface area contributed by atoms with Crippen LogP contribution >= 0.6 is 0 Å². The predicted molar refractivity (Wildman–Crippen MR) is 68.2 cm³/mol. The molecule has 1 aliphatic rings. The molecule has 1 aromatic heterocycles. The smallest absolute Gasteiger partial charge is 0.170 e. The van der Waals surface area contributed by atoms with Crippen molar-refractivity contribution in [2.24, 2.45) is 5.41 Å². The first-order valence-electron chi connectivity index (χ1n) is 6.01. The number of ketones is 1. The topological polar surface area (TPSA) is 30.0 Å². The van der Waals surface area contributed by atoms with Gasteiger partial charge in [-0.1, -0.05) is 32.0 Å². The first-order chi connectivity index (χ1) is 8.08. The van der Waals surface area contributed by atoms with Crippen molar-refractivity contribution in [2.75, 3.05) is 0 Å². The Kier molecular flexibility index (Phi) is 2.09. The van der Waals surface area contributed by atoms with Crippen molar-refractivity contribution < 1.29 is 4.79 Å². The van der Waals surface area contributed by atoms with Crippen LogP contribution in [-0.4, -0.2) is 10.8 Å². The van der Waals surface area contributed by atoms with Crippen molar-refractivity contribution in [2.45, 2.75) is 26.7 Å². The van der Waals surface area contributed by atoms with E-state index in [1.807, 2.05) is 44.2 Å². The van der Waals surface area contributed by atoms with E-state index in [0.717, 1.165) is 35.0 Å². The van der Waals surface area contributed by atoms with E-state index in [9.17, 15) is 4.79 Å². The monoisotopic (exact) mass is 225 g/mol. The minimum absolute atomic E-state index is 0.233. The lowest BCUT2D eigenvalue weighted by Crippen LogP contribution is -2.30. The van der Waals surface area contributed by atoms with Crippen LogP contribution in [0, 0.1) is 5.41 Å². The van der Waals surface area contributed by atoms with Crippen molar-refractivity contribution in [3.8, 4) is 0 Å². The maximum atomic E-state index is 12.3. The minimum Gasteiger partial charge on any atom is -0.294 e. The fraction of sp³-hybridized carbons (Fsp3) is 0.333. The summed E-state index contributed by atoms with van der Waals surface area (Å²) in [5.41, 5.74) is 2.53. The summed E-state index contributed by atoms with van der Waals surface area (Å²) in [7, 11) is 0. The highest BCUT2D eigenvalue weighted by atomic mass is 16.1. The maximum absolute atomic E-state index is 12.3. The Morgan fingerprint density at radius 2 is 2.00 bits per heavy atom. The van der Waals surface area contributed by atoms with Crippen LogP contribution in [0.15, 0.2) is 30.3 Å². The molecular weight excluding hydrogens is 210 g/mol. The van der Waals surface area contributed by atoms with Gasteiger partial charge in [0.05, 0.1) is 11.2 Å². The van der Waals surface area contributed by atoms with E-state index in [1.165, 1.54) is 0 Å². The molecule has 2 heteroatoms. The molecule has 3 rings (SSSR count). The van der Waals surface area contributed by atoms with E-state index in [-0.39, 0.29) is 11.2 Å².